The molecule has 0 fully saturated rings. The molecule has 2 N–H and O–H groups in total. The van der Waals surface area contributed by atoms with E-state index in [2.05, 4.69) is 4.98 Å². The molecule has 6 heteroatoms. The second kappa shape index (κ2) is 4.97. The molecule has 6 nitrogen and oxygen atoms in total. The predicted octanol–water partition coefficient (Wildman–Crippen LogP) is 2.02. The summed E-state index contributed by atoms with van der Waals surface area (Å²) in [5.74, 6) is 0.922. The Balaban J connectivity index is 1.84. The molecule has 0 aliphatic heterocycles. The number of aromatic nitrogens is 2. The highest BCUT2D eigenvalue weighted by atomic mass is 16.3. The summed E-state index contributed by atoms with van der Waals surface area (Å²) < 4.78 is 7.46. The molecular formula is C15H16N4O2. The van der Waals surface area contributed by atoms with Gasteiger partial charge in [-0.05, 0) is 24.3 Å². The molecule has 0 atom stereocenters. The van der Waals surface area contributed by atoms with Gasteiger partial charge in [0.05, 0.1) is 6.54 Å². The van der Waals surface area contributed by atoms with E-state index >= 15 is 0 Å². The number of hydrogen-bond acceptors (Lipinski definition) is 4. The minimum absolute atomic E-state index is 0.187. The monoisotopic (exact) mass is 284 g/mol. The highest BCUT2D eigenvalue weighted by Crippen LogP contribution is 2.22. The largest absolute Gasteiger partial charge is 0.451 e. The Hall–Kier alpha value is -2.76. The minimum Gasteiger partial charge on any atom is -0.451 e. The maximum atomic E-state index is 12.4. The Morgan fingerprint density at radius 3 is 2.95 bits per heavy atom. The first-order valence-corrected chi connectivity index (χ1v) is 6.55. The summed E-state index contributed by atoms with van der Waals surface area (Å²) in [6.45, 7) is 0.418. The summed E-state index contributed by atoms with van der Waals surface area (Å²) in [4.78, 5) is 18.2. The van der Waals surface area contributed by atoms with Crippen molar-refractivity contribution >= 4 is 22.6 Å². The van der Waals surface area contributed by atoms with E-state index in [1.807, 2.05) is 17.8 Å². The zero-order chi connectivity index (χ0) is 15.0. The van der Waals surface area contributed by atoms with Crippen molar-refractivity contribution in [3.63, 3.8) is 0 Å². The first-order valence-electron chi connectivity index (χ1n) is 6.55. The molecule has 0 bridgehead atoms. The van der Waals surface area contributed by atoms with Crippen LogP contribution in [-0.4, -0.2) is 27.4 Å². The highest BCUT2D eigenvalue weighted by Gasteiger charge is 2.18. The van der Waals surface area contributed by atoms with Crippen molar-refractivity contribution in [2.24, 2.45) is 7.05 Å². The molecule has 0 aliphatic rings. The van der Waals surface area contributed by atoms with Crippen LogP contribution in [-0.2, 0) is 13.6 Å². The number of nitrogens with two attached hydrogens (primary N) is 1. The highest BCUT2D eigenvalue weighted by molar-refractivity contribution is 5.96. The van der Waals surface area contributed by atoms with Crippen molar-refractivity contribution in [2.45, 2.75) is 6.54 Å². The summed E-state index contributed by atoms with van der Waals surface area (Å²) in [7, 11) is 3.61. The number of furan rings is 1. The molecule has 2 aromatic heterocycles. The smallest absolute Gasteiger partial charge is 0.289 e. The quantitative estimate of drug-likeness (QED) is 0.746. The van der Waals surface area contributed by atoms with Crippen LogP contribution >= 0.6 is 0 Å². The lowest BCUT2D eigenvalue weighted by Crippen LogP contribution is -2.27. The number of hydrogen-bond donors (Lipinski definition) is 1. The van der Waals surface area contributed by atoms with Crippen LogP contribution in [0.2, 0.25) is 0 Å². The molecule has 1 aromatic carbocycles. The molecule has 0 unspecified atom stereocenters. The Bertz CT molecular complexity index is 803. The van der Waals surface area contributed by atoms with Gasteiger partial charge in [-0.25, -0.2) is 4.98 Å². The first-order chi connectivity index (χ1) is 10.0. The van der Waals surface area contributed by atoms with Gasteiger partial charge in [-0.15, -0.1) is 0 Å². The number of carbonyl (C=O) groups excluding carboxylic acids is 1. The number of aryl methyl sites for hydroxylation is 1. The third-order valence-corrected chi connectivity index (χ3v) is 3.40. The standard InChI is InChI=1S/C15H16N4O2/c1-18-6-5-17-14(18)9-19(2)15(20)13-8-10-7-11(16)3-4-12(10)21-13/h3-8H,9,16H2,1-2H3. The van der Waals surface area contributed by atoms with E-state index in [0.717, 1.165) is 11.2 Å². The van der Waals surface area contributed by atoms with Crippen LogP contribution < -0.4 is 5.73 Å². The molecule has 21 heavy (non-hydrogen) atoms. The van der Waals surface area contributed by atoms with Crippen LogP contribution in [0.3, 0.4) is 0 Å². The predicted molar refractivity (Wildman–Crippen MR) is 79.6 cm³/mol. The molecule has 2 heterocycles. The van der Waals surface area contributed by atoms with Crippen LogP contribution in [0.4, 0.5) is 5.69 Å². The number of benzene rings is 1. The van der Waals surface area contributed by atoms with Crippen LogP contribution in [0.5, 0.6) is 0 Å². The molecular weight excluding hydrogens is 268 g/mol. The molecule has 3 rings (SSSR count). The number of carbonyl (C=O) groups is 1. The molecule has 1 amide bonds. The molecule has 0 saturated heterocycles. The van der Waals surface area contributed by atoms with E-state index in [1.165, 1.54) is 0 Å². The topological polar surface area (TPSA) is 77.3 Å². The van der Waals surface area contributed by atoms with Gasteiger partial charge in [-0.3, -0.25) is 4.79 Å². The summed E-state index contributed by atoms with van der Waals surface area (Å²) in [5.41, 5.74) is 7.02. The van der Waals surface area contributed by atoms with Gasteiger partial charge in [-0.2, -0.15) is 0 Å². The lowest BCUT2D eigenvalue weighted by molar-refractivity contribution is 0.0751. The van der Waals surface area contributed by atoms with Gasteiger partial charge in [0.1, 0.15) is 11.4 Å². The lowest BCUT2D eigenvalue weighted by Gasteiger charge is -2.15. The van der Waals surface area contributed by atoms with E-state index in [4.69, 9.17) is 10.2 Å². The normalized spacial score (nSPS) is 11.0. The molecule has 0 spiro atoms. The summed E-state index contributed by atoms with van der Waals surface area (Å²) >= 11 is 0. The molecule has 0 saturated carbocycles. The van der Waals surface area contributed by atoms with Crippen LogP contribution in [0.15, 0.2) is 41.1 Å². The third-order valence-electron chi connectivity index (χ3n) is 3.40. The minimum atomic E-state index is -0.187. The number of rotatable bonds is 3. The van der Waals surface area contributed by atoms with Gasteiger partial charge < -0.3 is 19.6 Å². The number of amides is 1. The maximum absolute atomic E-state index is 12.4. The van der Waals surface area contributed by atoms with Crippen molar-refractivity contribution in [3.05, 3.63) is 48.2 Å². The Kier molecular flexibility index (Phi) is 3.13. The Morgan fingerprint density at radius 2 is 2.24 bits per heavy atom. The van der Waals surface area contributed by atoms with E-state index in [9.17, 15) is 4.79 Å². The van der Waals surface area contributed by atoms with Gasteiger partial charge in [-0.1, -0.05) is 0 Å². The SMILES string of the molecule is CN(Cc1nccn1C)C(=O)c1cc2cc(N)ccc2o1. The molecule has 108 valence electrons. The molecule has 0 aliphatic carbocycles. The van der Waals surface area contributed by atoms with Crippen molar-refractivity contribution in [2.75, 3.05) is 12.8 Å². The maximum Gasteiger partial charge on any atom is 0.289 e. The fourth-order valence-electron chi connectivity index (χ4n) is 2.19. The van der Waals surface area contributed by atoms with Gasteiger partial charge in [0.15, 0.2) is 5.76 Å². The zero-order valence-electron chi connectivity index (χ0n) is 11.9. The fourth-order valence-corrected chi connectivity index (χ4v) is 2.19. The van der Waals surface area contributed by atoms with Gasteiger partial charge in [0, 0.05) is 37.6 Å². The summed E-state index contributed by atoms with van der Waals surface area (Å²) in [5, 5.41) is 0.823. The zero-order valence-corrected chi connectivity index (χ0v) is 11.9. The second-order valence-corrected chi connectivity index (χ2v) is 5.02. The van der Waals surface area contributed by atoms with Crippen molar-refractivity contribution in [1.29, 1.82) is 0 Å². The number of nitrogen functional groups attached to an aromatic ring is 1. The summed E-state index contributed by atoms with van der Waals surface area (Å²) in [6.07, 6.45) is 3.55. The fraction of sp³-hybridized carbons (Fsp3) is 0.200. The number of nitrogens with zero attached hydrogens (tertiary/aromatic N) is 3. The van der Waals surface area contributed by atoms with Crippen molar-refractivity contribution < 1.29 is 9.21 Å². The van der Waals surface area contributed by atoms with Crippen molar-refractivity contribution in [1.82, 2.24) is 14.5 Å². The molecule has 3 aromatic rings. The van der Waals surface area contributed by atoms with E-state index in [1.54, 1.807) is 42.4 Å². The van der Waals surface area contributed by atoms with E-state index in [-0.39, 0.29) is 5.91 Å². The first kappa shape index (κ1) is 13.2. The lowest BCUT2D eigenvalue weighted by atomic mass is 10.2. The Labute approximate surface area is 121 Å². The van der Waals surface area contributed by atoms with Crippen LogP contribution in [0.25, 0.3) is 11.0 Å². The van der Waals surface area contributed by atoms with E-state index in [0.29, 0.717) is 23.6 Å². The number of imidazole rings is 1. The number of anilines is 1. The van der Waals surface area contributed by atoms with Gasteiger partial charge in [0.2, 0.25) is 0 Å². The average molecular weight is 284 g/mol. The number of fused-ring (bicyclic) bond motifs is 1. The van der Waals surface area contributed by atoms with Gasteiger partial charge in [0.25, 0.3) is 5.91 Å². The van der Waals surface area contributed by atoms with Crippen LogP contribution in [0.1, 0.15) is 16.4 Å². The average Bonchev–Trinajstić information content (AvgIpc) is 3.04. The molecule has 0 radical (unpaired) electrons. The van der Waals surface area contributed by atoms with E-state index < -0.39 is 0 Å². The second-order valence-electron chi connectivity index (χ2n) is 5.02. The Morgan fingerprint density at radius 1 is 1.43 bits per heavy atom. The van der Waals surface area contributed by atoms with Crippen molar-refractivity contribution in [3.8, 4) is 0 Å². The third kappa shape index (κ3) is 2.47. The van der Waals surface area contributed by atoms with Crippen LogP contribution in [0, 0.1) is 0 Å². The van der Waals surface area contributed by atoms with Gasteiger partial charge >= 0.3 is 0 Å². The summed E-state index contributed by atoms with van der Waals surface area (Å²) in [6, 6.07) is 7.01.